The van der Waals surface area contributed by atoms with Gasteiger partial charge in [0.2, 0.25) is 0 Å². The van der Waals surface area contributed by atoms with Crippen molar-refractivity contribution in [3.63, 3.8) is 0 Å². The third-order valence-corrected chi connectivity index (χ3v) is 15.3. The average Bonchev–Trinajstić information content (AvgIpc) is 2.85. The molecule has 0 aromatic heterocycles. The number of nitrogens with zero attached hydrogens (tertiary/aromatic N) is 12. The van der Waals surface area contributed by atoms with Crippen molar-refractivity contribution in [2.45, 2.75) is 116 Å². The molecule has 0 fully saturated rings. The SMILES string of the molecule is CN(C)CN(CCCN)CCCN.CN(C)CN(CCCN)CCCN(CCCN)CCCN.CN(C)CN(CCCN)CCCNCCCN.CN(C)CN(CCCNCCCN)CCCN(CCCN)CCCN.CN(C)CN(CCCNCCCN)CCCNCCCN. The smallest absolute Gasteiger partial charge is 0.0500 e. The molecule has 0 aliphatic heterocycles. The van der Waals surface area contributed by atoms with Gasteiger partial charge in [-0.25, -0.2) is 0 Å². The molecule has 0 amide bonds. The normalized spacial score (nSPS) is 11.8. The zero-order valence-electron chi connectivity index (χ0n) is 66.0. The Morgan fingerprint density at radius 3 is 0.433 bits per heavy atom. The molecule has 0 radical (unpaired) electrons. The standard InChI is InChI=1S/C18H45N7.2C15H38N6.C12H31N5.C9H24N4/c1-23(2)18-25(15-6-12-22-11-3-8-19)17-7-16-24(13-4-9-20)14-5-10-21;1-19(2)15-21(12-5-9-18)14-6-13-20(10-3-7-16)11-4-8-17;1-20(2)15-21(13-5-11-18-9-3-7-16)14-6-12-19-10-4-8-17;1-16(2)12-17(10-4-7-14)11-5-9-15-8-3-6-13;1-12(2)9-13(7-3-5-10)8-4-6-11/h22H,3-21H2,1-2H3;3-18H2,1-2H3;18-19H,3-17H2,1-2H3;15H,3-14H2,1-2H3;3-11H2,1-2H3. The van der Waals surface area contributed by atoms with Crippen LogP contribution in [0, 0.1) is 0 Å². The number of nitrogens with one attached hydrogen (secondary N) is 4. The number of hydrogen-bond acceptors (Lipinski definition) is 28. The molecule has 0 aliphatic carbocycles. The monoisotopic (exact) mass is 1400 g/mol. The van der Waals surface area contributed by atoms with E-state index in [0.29, 0.717) is 0 Å². The van der Waals surface area contributed by atoms with E-state index < -0.39 is 0 Å². The topological polar surface area (TPSA) is 399 Å². The van der Waals surface area contributed by atoms with Crippen molar-refractivity contribution in [3.05, 3.63) is 0 Å². The number of hydrogen-bond donors (Lipinski definition) is 16. The Hall–Kier alpha value is -1.12. The Bertz CT molecular complexity index is 1340. The van der Waals surface area contributed by atoms with Gasteiger partial charge in [-0.3, -0.25) is 49.0 Å². The van der Waals surface area contributed by atoms with E-state index in [1.807, 2.05) is 0 Å². The Balaban J connectivity index is -0.000000369. The molecule has 0 aliphatic rings. The summed E-state index contributed by atoms with van der Waals surface area (Å²) in [7, 11) is 21.1. The predicted molar refractivity (Wildman–Crippen MR) is 427 cm³/mol. The maximum absolute atomic E-state index is 5.66. The summed E-state index contributed by atoms with van der Waals surface area (Å²) < 4.78 is 0. The minimum absolute atomic E-state index is 0.766. The van der Waals surface area contributed by atoms with Crippen LogP contribution < -0.4 is 90.1 Å². The largest absolute Gasteiger partial charge is 0.330 e. The van der Waals surface area contributed by atoms with E-state index in [2.05, 4.69) is 151 Å². The Morgan fingerprint density at radius 1 is 0.155 bits per heavy atom. The third kappa shape index (κ3) is 90.9. The zero-order valence-corrected chi connectivity index (χ0v) is 66.0. The molecule has 97 heavy (non-hydrogen) atoms. The van der Waals surface area contributed by atoms with E-state index in [1.165, 1.54) is 38.5 Å². The summed E-state index contributed by atoms with van der Waals surface area (Å²) in [6, 6.07) is 0. The van der Waals surface area contributed by atoms with E-state index >= 15 is 0 Å². The van der Waals surface area contributed by atoms with Crippen LogP contribution in [-0.2, 0) is 0 Å². The van der Waals surface area contributed by atoms with E-state index in [9.17, 15) is 0 Å². The Kier molecular flexibility index (Phi) is 94.0. The van der Waals surface area contributed by atoms with E-state index in [1.54, 1.807) is 0 Å². The second-order valence-corrected chi connectivity index (χ2v) is 27.2. The van der Waals surface area contributed by atoms with Gasteiger partial charge in [0.15, 0.2) is 0 Å². The average molecular weight is 1400 g/mol. The summed E-state index contributed by atoms with van der Waals surface area (Å²) in [5.41, 5.74) is 66.6. The molecule has 0 aromatic rings. The van der Waals surface area contributed by atoms with Crippen molar-refractivity contribution in [2.24, 2.45) is 68.8 Å². The minimum atomic E-state index is 0.766. The van der Waals surface area contributed by atoms with Gasteiger partial charge < -0.3 is 99.9 Å². The first-order valence-electron chi connectivity index (χ1n) is 38.4. The highest BCUT2D eigenvalue weighted by Crippen LogP contribution is 2.04. The van der Waals surface area contributed by atoms with Crippen molar-refractivity contribution in [1.29, 1.82) is 0 Å². The molecule has 28 N–H and O–H groups in total. The maximum atomic E-state index is 5.66. The molecule has 0 heterocycles. The second-order valence-electron chi connectivity index (χ2n) is 27.2. The van der Waals surface area contributed by atoms with Gasteiger partial charge in [-0.05, 0) is 356 Å². The van der Waals surface area contributed by atoms with Gasteiger partial charge in [0.1, 0.15) is 0 Å². The molecule has 0 rings (SSSR count). The Morgan fingerprint density at radius 2 is 0.278 bits per heavy atom. The second kappa shape index (κ2) is 87.3. The highest BCUT2D eigenvalue weighted by atomic mass is 15.3. The van der Waals surface area contributed by atoms with Crippen LogP contribution in [-0.4, -0.2) is 398 Å². The molecule has 592 valence electrons. The molecule has 0 saturated heterocycles. The molecule has 0 aromatic carbocycles. The first-order valence-corrected chi connectivity index (χ1v) is 38.4. The van der Waals surface area contributed by atoms with Crippen LogP contribution in [0.4, 0.5) is 0 Å². The number of nitrogens with two attached hydrogens (primary N) is 12. The molecule has 0 unspecified atom stereocenters. The molecule has 0 saturated carbocycles. The Labute approximate surface area is 601 Å². The minimum Gasteiger partial charge on any atom is -0.330 e. The van der Waals surface area contributed by atoms with Gasteiger partial charge in [-0.15, -0.1) is 0 Å². The first-order chi connectivity index (χ1) is 46.9. The van der Waals surface area contributed by atoms with Crippen LogP contribution in [0.5, 0.6) is 0 Å². The molecule has 0 bridgehead atoms. The zero-order chi connectivity index (χ0) is 73.5. The summed E-state index contributed by atoms with van der Waals surface area (Å²) in [6.45, 7) is 40.6. The highest BCUT2D eigenvalue weighted by Gasteiger charge is 2.12. The fourth-order valence-corrected chi connectivity index (χ4v) is 10.6. The van der Waals surface area contributed by atoms with Gasteiger partial charge in [0.25, 0.3) is 0 Å². The quantitative estimate of drug-likeness (QED) is 0.0222. The molecule has 0 atom stereocenters. The van der Waals surface area contributed by atoms with Gasteiger partial charge in [0.05, 0.1) is 33.3 Å². The van der Waals surface area contributed by atoms with Crippen molar-refractivity contribution >= 4 is 0 Å². The fourth-order valence-electron chi connectivity index (χ4n) is 10.6. The lowest BCUT2D eigenvalue weighted by Crippen LogP contribution is -2.38. The maximum Gasteiger partial charge on any atom is 0.0500 e. The molecular weight excluding hydrogens is 1220 g/mol. The summed E-state index contributed by atoms with van der Waals surface area (Å²) in [6.07, 6.45) is 20.0. The summed E-state index contributed by atoms with van der Waals surface area (Å²) in [5.74, 6) is 0. The molecule has 0 spiro atoms. The van der Waals surface area contributed by atoms with Crippen LogP contribution >= 0.6 is 0 Å². The van der Waals surface area contributed by atoms with Gasteiger partial charge in [-0.1, -0.05) is 0 Å². The van der Waals surface area contributed by atoms with E-state index in [-0.39, 0.29) is 0 Å². The molecule has 28 nitrogen and oxygen atoms in total. The number of rotatable bonds is 70. The summed E-state index contributed by atoms with van der Waals surface area (Å²) >= 11 is 0. The predicted octanol–water partition coefficient (Wildman–Crippen LogP) is -2.47. The summed E-state index contributed by atoms with van der Waals surface area (Å²) in [5, 5.41) is 13.8. The third-order valence-electron chi connectivity index (χ3n) is 15.3. The van der Waals surface area contributed by atoms with Crippen LogP contribution in [0.2, 0.25) is 0 Å². The highest BCUT2D eigenvalue weighted by molar-refractivity contribution is 4.68. The van der Waals surface area contributed by atoms with Crippen LogP contribution in [0.25, 0.3) is 0 Å². The van der Waals surface area contributed by atoms with E-state index in [0.717, 1.165) is 346 Å². The lowest BCUT2D eigenvalue weighted by Gasteiger charge is -2.28. The lowest BCUT2D eigenvalue weighted by atomic mass is 10.2. The summed E-state index contributed by atoms with van der Waals surface area (Å²) in [4.78, 5) is 28.5. The van der Waals surface area contributed by atoms with Crippen LogP contribution in [0.15, 0.2) is 0 Å². The van der Waals surface area contributed by atoms with Crippen molar-refractivity contribution < 1.29 is 0 Å². The fraction of sp³-hybridized carbons (Fsp3) is 1.00. The molecule has 28 heteroatoms. The van der Waals surface area contributed by atoms with Crippen molar-refractivity contribution in [2.75, 3.05) is 339 Å². The van der Waals surface area contributed by atoms with Crippen molar-refractivity contribution in [3.8, 4) is 0 Å². The van der Waals surface area contributed by atoms with Crippen LogP contribution in [0.3, 0.4) is 0 Å². The van der Waals surface area contributed by atoms with Gasteiger partial charge in [-0.2, -0.15) is 0 Å². The van der Waals surface area contributed by atoms with Crippen molar-refractivity contribution in [1.82, 2.24) is 80.1 Å². The van der Waals surface area contributed by atoms with Gasteiger partial charge in [0, 0.05) is 65.4 Å². The van der Waals surface area contributed by atoms with Gasteiger partial charge >= 0.3 is 0 Å². The molecular formula is C69H176N28. The van der Waals surface area contributed by atoms with Crippen LogP contribution in [0.1, 0.15) is 116 Å². The first kappa shape index (κ1) is 105. The van der Waals surface area contributed by atoms with E-state index in [4.69, 9.17) is 68.8 Å². The lowest BCUT2D eigenvalue weighted by molar-refractivity contribution is 0.161.